The Morgan fingerprint density at radius 2 is 2.29 bits per heavy atom. The third kappa shape index (κ3) is 3.78. The zero-order valence-electron chi connectivity index (χ0n) is 8.95. The van der Waals surface area contributed by atoms with E-state index in [9.17, 15) is 0 Å². The second-order valence-corrected chi connectivity index (χ2v) is 4.71. The standard InChI is InChI=1S/C11H19NOS/c1-3-13-8-4-5-10(12)11-7-6-9(2)14-11/h6-7,10H,3-5,8,12H2,1-2H3. The molecule has 0 aliphatic rings. The highest BCUT2D eigenvalue weighted by molar-refractivity contribution is 7.12. The van der Waals surface area contributed by atoms with Gasteiger partial charge < -0.3 is 10.5 Å². The van der Waals surface area contributed by atoms with E-state index in [2.05, 4.69) is 19.1 Å². The Hall–Kier alpha value is -0.380. The molecule has 1 aromatic heterocycles. The number of thiophene rings is 1. The molecule has 2 N–H and O–H groups in total. The van der Waals surface area contributed by atoms with Crippen LogP contribution in [0.3, 0.4) is 0 Å². The first-order valence-electron chi connectivity index (χ1n) is 5.13. The van der Waals surface area contributed by atoms with E-state index in [4.69, 9.17) is 10.5 Å². The number of ether oxygens (including phenoxy) is 1. The molecule has 0 spiro atoms. The number of nitrogens with two attached hydrogens (primary N) is 1. The number of hydrogen-bond donors (Lipinski definition) is 1. The maximum atomic E-state index is 6.05. The van der Waals surface area contributed by atoms with E-state index < -0.39 is 0 Å². The van der Waals surface area contributed by atoms with E-state index in [1.807, 2.05) is 6.92 Å². The summed E-state index contributed by atoms with van der Waals surface area (Å²) in [4.78, 5) is 2.62. The number of hydrogen-bond acceptors (Lipinski definition) is 3. The van der Waals surface area contributed by atoms with Gasteiger partial charge in [0, 0.05) is 29.0 Å². The lowest BCUT2D eigenvalue weighted by Crippen LogP contribution is -2.09. The van der Waals surface area contributed by atoms with E-state index in [-0.39, 0.29) is 6.04 Å². The third-order valence-corrected chi connectivity index (χ3v) is 3.27. The van der Waals surface area contributed by atoms with Crippen molar-refractivity contribution in [2.45, 2.75) is 32.7 Å². The summed E-state index contributed by atoms with van der Waals surface area (Å²) in [5.41, 5.74) is 6.05. The van der Waals surface area contributed by atoms with Gasteiger partial charge in [0.1, 0.15) is 0 Å². The van der Waals surface area contributed by atoms with Crippen molar-refractivity contribution in [2.75, 3.05) is 13.2 Å². The van der Waals surface area contributed by atoms with Gasteiger partial charge in [-0.25, -0.2) is 0 Å². The van der Waals surface area contributed by atoms with Gasteiger partial charge in [0.2, 0.25) is 0 Å². The van der Waals surface area contributed by atoms with Crippen molar-refractivity contribution < 1.29 is 4.74 Å². The monoisotopic (exact) mass is 213 g/mol. The lowest BCUT2D eigenvalue weighted by molar-refractivity contribution is 0.142. The zero-order chi connectivity index (χ0) is 10.4. The van der Waals surface area contributed by atoms with Crippen LogP contribution >= 0.6 is 11.3 Å². The van der Waals surface area contributed by atoms with Gasteiger partial charge in [0.15, 0.2) is 0 Å². The minimum Gasteiger partial charge on any atom is -0.382 e. The van der Waals surface area contributed by atoms with Crippen molar-refractivity contribution in [3.63, 3.8) is 0 Å². The van der Waals surface area contributed by atoms with Crippen molar-refractivity contribution in [3.8, 4) is 0 Å². The van der Waals surface area contributed by atoms with Crippen LogP contribution in [-0.4, -0.2) is 13.2 Å². The minimum atomic E-state index is 0.189. The maximum absolute atomic E-state index is 6.05. The second kappa shape index (κ2) is 6.17. The van der Waals surface area contributed by atoms with Crippen LogP contribution in [0.1, 0.15) is 35.6 Å². The largest absolute Gasteiger partial charge is 0.382 e. The summed E-state index contributed by atoms with van der Waals surface area (Å²) >= 11 is 1.79. The van der Waals surface area contributed by atoms with E-state index in [1.54, 1.807) is 11.3 Å². The van der Waals surface area contributed by atoms with E-state index >= 15 is 0 Å². The summed E-state index contributed by atoms with van der Waals surface area (Å²) in [7, 11) is 0. The molecule has 0 saturated carbocycles. The highest BCUT2D eigenvalue weighted by atomic mass is 32.1. The lowest BCUT2D eigenvalue weighted by Gasteiger charge is -2.08. The van der Waals surface area contributed by atoms with Crippen LogP contribution in [0.25, 0.3) is 0 Å². The van der Waals surface area contributed by atoms with Gasteiger partial charge in [0.25, 0.3) is 0 Å². The molecule has 2 nitrogen and oxygen atoms in total. The Labute approximate surface area is 90.1 Å². The van der Waals surface area contributed by atoms with E-state index in [0.29, 0.717) is 0 Å². The highest BCUT2D eigenvalue weighted by Crippen LogP contribution is 2.23. The van der Waals surface area contributed by atoms with Crippen LogP contribution in [0.15, 0.2) is 12.1 Å². The van der Waals surface area contributed by atoms with Gasteiger partial charge in [-0.2, -0.15) is 0 Å². The van der Waals surface area contributed by atoms with Crippen LogP contribution < -0.4 is 5.73 Å². The first kappa shape index (κ1) is 11.7. The summed E-state index contributed by atoms with van der Waals surface area (Å²) in [6.07, 6.45) is 2.06. The first-order chi connectivity index (χ1) is 6.74. The topological polar surface area (TPSA) is 35.2 Å². The molecule has 0 radical (unpaired) electrons. The molecule has 3 heteroatoms. The molecule has 0 bridgehead atoms. The fraction of sp³-hybridized carbons (Fsp3) is 0.636. The molecule has 1 atom stereocenters. The van der Waals surface area contributed by atoms with Crippen LogP contribution in [0, 0.1) is 6.92 Å². The number of rotatable bonds is 6. The molecule has 0 aliphatic heterocycles. The molecule has 80 valence electrons. The predicted molar refractivity (Wildman–Crippen MR) is 61.7 cm³/mol. The third-order valence-electron chi connectivity index (χ3n) is 2.13. The molecule has 0 fully saturated rings. The minimum absolute atomic E-state index is 0.189. The van der Waals surface area contributed by atoms with Gasteiger partial charge >= 0.3 is 0 Å². The number of aryl methyl sites for hydroxylation is 1. The molecule has 0 aliphatic carbocycles. The van der Waals surface area contributed by atoms with Crippen LogP contribution in [-0.2, 0) is 4.74 Å². The molecule has 1 aromatic rings. The molecule has 1 rings (SSSR count). The van der Waals surface area contributed by atoms with Crippen molar-refractivity contribution in [2.24, 2.45) is 5.73 Å². The summed E-state index contributed by atoms with van der Waals surface area (Å²) in [6, 6.07) is 4.45. The molecule has 1 heterocycles. The Balaban J connectivity index is 2.25. The first-order valence-corrected chi connectivity index (χ1v) is 5.95. The molecule has 1 unspecified atom stereocenters. The highest BCUT2D eigenvalue weighted by Gasteiger charge is 2.07. The normalized spacial score (nSPS) is 13.1. The molecular formula is C11H19NOS. The average molecular weight is 213 g/mol. The fourth-order valence-corrected chi connectivity index (χ4v) is 2.26. The Bertz CT molecular complexity index is 260. The average Bonchev–Trinajstić information content (AvgIpc) is 2.59. The Morgan fingerprint density at radius 1 is 1.50 bits per heavy atom. The van der Waals surface area contributed by atoms with Crippen molar-refractivity contribution >= 4 is 11.3 Å². The van der Waals surface area contributed by atoms with Crippen molar-refractivity contribution in [3.05, 3.63) is 21.9 Å². The lowest BCUT2D eigenvalue weighted by atomic mass is 10.1. The summed E-state index contributed by atoms with van der Waals surface area (Å²) in [5, 5.41) is 0. The second-order valence-electron chi connectivity index (χ2n) is 3.39. The summed E-state index contributed by atoms with van der Waals surface area (Å²) in [5.74, 6) is 0. The molecular weight excluding hydrogens is 194 g/mol. The summed E-state index contributed by atoms with van der Waals surface area (Å²) < 4.78 is 5.27. The molecule has 0 saturated heterocycles. The molecule has 0 aromatic carbocycles. The van der Waals surface area contributed by atoms with Crippen LogP contribution in [0.5, 0.6) is 0 Å². The van der Waals surface area contributed by atoms with Crippen LogP contribution in [0.2, 0.25) is 0 Å². The van der Waals surface area contributed by atoms with E-state index in [0.717, 1.165) is 26.1 Å². The van der Waals surface area contributed by atoms with Gasteiger partial charge in [-0.1, -0.05) is 0 Å². The molecule has 14 heavy (non-hydrogen) atoms. The maximum Gasteiger partial charge on any atom is 0.0466 e. The van der Waals surface area contributed by atoms with Crippen LogP contribution in [0.4, 0.5) is 0 Å². The van der Waals surface area contributed by atoms with E-state index in [1.165, 1.54) is 9.75 Å². The van der Waals surface area contributed by atoms with Gasteiger partial charge in [-0.05, 0) is 38.8 Å². The SMILES string of the molecule is CCOCCCC(N)c1ccc(C)s1. The van der Waals surface area contributed by atoms with Gasteiger partial charge in [-0.15, -0.1) is 11.3 Å². The summed E-state index contributed by atoms with van der Waals surface area (Å²) in [6.45, 7) is 5.76. The fourth-order valence-electron chi connectivity index (χ4n) is 1.34. The molecule has 0 amide bonds. The smallest absolute Gasteiger partial charge is 0.0466 e. The van der Waals surface area contributed by atoms with Crippen molar-refractivity contribution in [1.29, 1.82) is 0 Å². The zero-order valence-corrected chi connectivity index (χ0v) is 9.77. The Morgan fingerprint density at radius 3 is 2.86 bits per heavy atom. The van der Waals surface area contributed by atoms with Gasteiger partial charge in [0.05, 0.1) is 0 Å². The van der Waals surface area contributed by atoms with Crippen molar-refractivity contribution in [1.82, 2.24) is 0 Å². The Kier molecular flexibility index (Phi) is 5.15. The quantitative estimate of drug-likeness (QED) is 0.737. The van der Waals surface area contributed by atoms with Gasteiger partial charge in [-0.3, -0.25) is 0 Å². The predicted octanol–water partition coefficient (Wildman–Crippen LogP) is 2.87.